The molecule has 3 heterocycles. The van der Waals surface area contributed by atoms with Gasteiger partial charge in [0.2, 0.25) is 0 Å². The highest BCUT2D eigenvalue weighted by Crippen LogP contribution is 2.29. The minimum absolute atomic E-state index is 0.0112. The molecule has 3 aliphatic rings. The Morgan fingerprint density at radius 2 is 1.95 bits per heavy atom. The topological polar surface area (TPSA) is 41.6 Å². The Morgan fingerprint density at radius 1 is 1.26 bits per heavy atom. The van der Waals surface area contributed by atoms with Crippen LogP contribution in [0.2, 0.25) is 0 Å². The first-order valence-electron chi connectivity index (χ1n) is 6.66. The highest BCUT2D eigenvalue weighted by Gasteiger charge is 2.36. The summed E-state index contributed by atoms with van der Waals surface area (Å²) in [6, 6.07) is 5.66. The second-order valence-electron chi connectivity index (χ2n) is 5.21. The van der Waals surface area contributed by atoms with Gasteiger partial charge in [-0.2, -0.15) is 0 Å². The van der Waals surface area contributed by atoms with Gasteiger partial charge in [0.15, 0.2) is 0 Å². The van der Waals surface area contributed by atoms with Crippen LogP contribution in [0.1, 0.15) is 12.8 Å². The van der Waals surface area contributed by atoms with Gasteiger partial charge < -0.3 is 4.74 Å². The normalized spacial score (nSPS) is 29.0. The predicted octanol–water partition coefficient (Wildman–Crippen LogP) is 2.47. The smallest absolute Gasteiger partial charge is 0.411 e. The minimum atomic E-state index is -0.453. The van der Waals surface area contributed by atoms with Crippen molar-refractivity contribution >= 4 is 11.8 Å². The van der Waals surface area contributed by atoms with Crippen molar-refractivity contribution < 1.29 is 13.9 Å². The highest BCUT2D eigenvalue weighted by molar-refractivity contribution is 5.84. The average molecular weight is 264 g/mol. The van der Waals surface area contributed by atoms with Crippen LogP contribution in [-0.4, -0.2) is 36.7 Å². The molecular weight excluding hydrogens is 247 g/mol. The lowest BCUT2D eigenvalue weighted by atomic mass is 9.86. The molecule has 1 N–H and O–H groups in total. The summed E-state index contributed by atoms with van der Waals surface area (Å²) >= 11 is 0. The van der Waals surface area contributed by atoms with E-state index in [4.69, 9.17) is 4.74 Å². The number of rotatable bonds is 2. The second-order valence-corrected chi connectivity index (χ2v) is 5.21. The first kappa shape index (κ1) is 12.4. The van der Waals surface area contributed by atoms with Gasteiger partial charge in [-0.25, -0.2) is 9.18 Å². The molecule has 1 aromatic rings. The van der Waals surface area contributed by atoms with Crippen molar-refractivity contribution in [2.24, 2.45) is 5.92 Å². The zero-order chi connectivity index (χ0) is 13.2. The van der Waals surface area contributed by atoms with Crippen molar-refractivity contribution in [1.29, 1.82) is 0 Å². The van der Waals surface area contributed by atoms with E-state index in [1.165, 1.54) is 24.3 Å². The van der Waals surface area contributed by atoms with E-state index in [2.05, 4.69) is 10.2 Å². The molecule has 1 atom stereocenters. The second kappa shape index (κ2) is 5.17. The van der Waals surface area contributed by atoms with E-state index >= 15 is 0 Å². The summed E-state index contributed by atoms with van der Waals surface area (Å²) in [6.45, 7) is 3.07. The Hall–Kier alpha value is -1.62. The number of carbonyl (C=O) groups is 1. The number of nitrogens with zero attached hydrogens (tertiary/aromatic N) is 1. The van der Waals surface area contributed by atoms with Gasteiger partial charge in [0, 0.05) is 12.2 Å². The monoisotopic (exact) mass is 264 g/mol. The quantitative estimate of drug-likeness (QED) is 0.892. The third-order valence-electron chi connectivity index (χ3n) is 3.95. The van der Waals surface area contributed by atoms with E-state index in [9.17, 15) is 9.18 Å². The summed E-state index contributed by atoms with van der Waals surface area (Å²) in [7, 11) is 0. The minimum Gasteiger partial charge on any atom is -0.444 e. The zero-order valence-corrected chi connectivity index (χ0v) is 10.6. The van der Waals surface area contributed by atoms with Crippen molar-refractivity contribution in [3.8, 4) is 0 Å². The van der Waals surface area contributed by atoms with Gasteiger partial charge in [-0.05, 0) is 56.1 Å². The number of hydrogen-bond donors (Lipinski definition) is 1. The lowest BCUT2D eigenvalue weighted by Crippen LogP contribution is -2.52. The van der Waals surface area contributed by atoms with Gasteiger partial charge >= 0.3 is 6.09 Å². The molecule has 102 valence electrons. The predicted molar refractivity (Wildman–Crippen MR) is 69.5 cm³/mol. The van der Waals surface area contributed by atoms with Gasteiger partial charge in [-0.3, -0.25) is 10.2 Å². The van der Waals surface area contributed by atoms with Gasteiger partial charge in [0.25, 0.3) is 0 Å². The van der Waals surface area contributed by atoms with Crippen LogP contribution in [-0.2, 0) is 4.74 Å². The van der Waals surface area contributed by atoms with Crippen molar-refractivity contribution in [3.05, 3.63) is 30.1 Å². The highest BCUT2D eigenvalue weighted by atomic mass is 19.1. The largest absolute Gasteiger partial charge is 0.444 e. The van der Waals surface area contributed by atoms with Crippen LogP contribution in [0.25, 0.3) is 0 Å². The van der Waals surface area contributed by atoms with E-state index < -0.39 is 6.09 Å². The Kier molecular flexibility index (Phi) is 3.38. The van der Waals surface area contributed by atoms with Gasteiger partial charge in [0.05, 0.1) is 0 Å². The Balaban J connectivity index is 1.55. The molecule has 4 nitrogen and oxygen atoms in total. The first-order valence-corrected chi connectivity index (χ1v) is 6.66. The van der Waals surface area contributed by atoms with E-state index in [0.29, 0.717) is 11.6 Å². The molecule has 1 amide bonds. The third-order valence-corrected chi connectivity index (χ3v) is 3.95. The molecule has 0 aromatic heterocycles. The molecule has 0 aliphatic carbocycles. The third kappa shape index (κ3) is 2.87. The molecule has 2 bridgehead atoms. The molecular formula is C14H17FN2O2. The lowest BCUT2D eigenvalue weighted by Gasteiger charge is -2.43. The number of benzene rings is 1. The molecule has 5 heteroatoms. The van der Waals surface area contributed by atoms with E-state index in [-0.39, 0.29) is 11.9 Å². The number of hydrogen-bond acceptors (Lipinski definition) is 3. The molecule has 0 saturated carbocycles. The number of amides is 1. The molecule has 0 spiro atoms. The first-order chi connectivity index (χ1) is 9.20. The summed E-state index contributed by atoms with van der Waals surface area (Å²) in [4.78, 5) is 14.1. The number of carbonyl (C=O) groups excluding carboxylic acids is 1. The fraction of sp³-hybridized carbons (Fsp3) is 0.500. The summed E-state index contributed by atoms with van der Waals surface area (Å²) in [5, 5.41) is 2.63. The van der Waals surface area contributed by atoms with Crippen molar-refractivity contribution in [2.75, 3.05) is 25.0 Å². The SMILES string of the molecule is O=C(Nc1ccc(F)cc1)O[C@@H]1CN2CCC1CC2. The maximum Gasteiger partial charge on any atom is 0.411 e. The summed E-state index contributed by atoms with van der Waals surface area (Å²) < 4.78 is 18.2. The molecule has 0 unspecified atom stereocenters. The number of anilines is 1. The van der Waals surface area contributed by atoms with E-state index in [0.717, 1.165) is 32.5 Å². The zero-order valence-electron chi connectivity index (χ0n) is 10.6. The van der Waals surface area contributed by atoms with Crippen LogP contribution >= 0.6 is 0 Å². The molecule has 3 aliphatic heterocycles. The fourth-order valence-corrected chi connectivity index (χ4v) is 2.86. The summed E-state index contributed by atoms with van der Waals surface area (Å²) in [5.41, 5.74) is 0.549. The van der Waals surface area contributed by atoms with Crippen molar-refractivity contribution in [1.82, 2.24) is 4.90 Å². The van der Waals surface area contributed by atoms with Gasteiger partial charge in [-0.1, -0.05) is 0 Å². The number of ether oxygens (including phenoxy) is 1. The number of fused-ring (bicyclic) bond motifs is 3. The fourth-order valence-electron chi connectivity index (χ4n) is 2.86. The molecule has 4 rings (SSSR count). The summed E-state index contributed by atoms with van der Waals surface area (Å²) in [6.07, 6.45) is 1.75. The standard InChI is InChI=1S/C14H17FN2O2/c15-11-1-3-12(4-2-11)16-14(18)19-13-9-17-7-5-10(13)6-8-17/h1-4,10,13H,5-9H2,(H,16,18)/t13-/m1/s1. The maximum atomic E-state index is 12.7. The maximum absolute atomic E-state index is 12.7. The molecule has 1 aromatic carbocycles. The Labute approximate surface area is 111 Å². The molecule has 3 fully saturated rings. The van der Waals surface area contributed by atoms with E-state index in [1.807, 2.05) is 0 Å². The summed E-state index contributed by atoms with van der Waals surface area (Å²) in [5.74, 6) is 0.167. The average Bonchev–Trinajstić information content (AvgIpc) is 2.43. The van der Waals surface area contributed by atoms with Gasteiger partial charge in [-0.15, -0.1) is 0 Å². The Morgan fingerprint density at radius 3 is 2.53 bits per heavy atom. The van der Waals surface area contributed by atoms with Crippen LogP contribution < -0.4 is 5.32 Å². The molecule has 19 heavy (non-hydrogen) atoms. The van der Waals surface area contributed by atoms with Crippen LogP contribution in [0.3, 0.4) is 0 Å². The Bertz CT molecular complexity index is 455. The number of piperidine rings is 3. The van der Waals surface area contributed by atoms with Gasteiger partial charge in [0.1, 0.15) is 11.9 Å². The van der Waals surface area contributed by atoms with Crippen LogP contribution in [0, 0.1) is 11.7 Å². The van der Waals surface area contributed by atoms with Crippen molar-refractivity contribution in [3.63, 3.8) is 0 Å². The van der Waals surface area contributed by atoms with Crippen LogP contribution in [0.4, 0.5) is 14.9 Å². The number of nitrogens with one attached hydrogen (secondary N) is 1. The van der Waals surface area contributed by atoms with Crippen LogP contribution in [0.5, 0.6) is 0 Å². The number of halogens is 1. The van der Waals surface area contributed by atoms with Crippen molar-refractivity contribution in [2.45, 2.75) is 18.9 Å². The van der Waals surface area contributed by atoms with E-state index in [1.54, 1.807) is 0 Å². The lowest BCUT2D eigenvalue weighted by molar-refractivity contribution is -0.0289. The molecule has 3 saturated heterocycles. The van der Waals surface area contributed by atoms with Crippen LogP contribution in [0.15, 0.2) is 24.3 Å². The molecule has 0 radical (unpaired) electrons.